The van der Waals surface area contributed by atoms with Crippen LogP contribution in [0.4, 0.5) is 0 Å². The van der Waals surface area contributed by atoms with E-state index in [-0.39, 0.29) is 16.3 Å². The van der Waals surface area contributed by atoms with Gasteiger partial charge in [0.05, 0.1) is 12.2 Å². The van der Waals surface area contributed by atoms with E-state index in [4.69, 9.17) is 10.2 Å². The van der Waals surface area contributed by atoms with Crippen LogP contribution in [0.15, 0.2) is 9.82 Å². The molecule has 1 atom stereocenters. The SMILES string of the molecule is CSc1nc(=O)[nH]c(C)c1C(=O)NC(CO)C(=O)O. The fraction of sp³-hybridized carbons (Fsp3) is 0.400. The van der Waals surface area contributed by atoms with Gasteiger partial charge in [0, 0.05) is 5.69 Å². The van der Waals surface area contributed by atoms with Gasteiger partial charge in [0.25, 0.3) is 5.91 Å². The Bertz CT molecular complexity index is 557. The van der Waals surface area contributed by atoms with Gasteiger partial charge in [-0.15, -0.1) is 11.8 Å². The zero-order valence-corrected chi connectivity index (χ0v) is 11.1. The molecule has 1 aromatic rings. The number of carbonyl (C=O) groups excluding carboxylic acids is 1. The highest BCUT2D eigenvalue weighted by molar-refractivity contribution is 7.98. The number of hydrogen-bond acceptors (Lipinski definition) is 6. The van der Waals surface area contributed by atoms with Gasteiger partial charge in [-0.1, -0.05) is 0 Å². The number of aliphatic hydroxyl groups excluding tert-OH is 1. The molecule has 0 spiro atoms. The summed E-state index contributed by atoms with van der Waals surface area (Å²) in [5.41, 5.74) is -0.217. The van der Waals surface area contributed by atoms with Crippen molar-refractivity contribution in [1.82, 2.24) is 15.3 Å². The van der Waals surface area contributed by atoms with Crippen LogP contribution in [0.25, 0.3) is 0 Å². The van der Waals surface area contributed by atoms with Gasteiger partial charge in [0.1, 0.15) is 5.03 Å². The van der Waals surface area contributed by atoms with Gasteiger partial charge in [-0.05, 0) is 13.2 Å². The topological polar surface area (TPSA) is 132 Å². The molecule has 104 valence electrons. The van der Waals surface area contributed by atoms with Crippen molar-refractivity contribution in [3.63, 3.8) is 0 Å². The lowest BCUT2D eigenvalue weighted by atomic mass is 10.2. The average molecular weight is 287 g/mol. The summed E-state index contributed by atoms with van der Waals surface area (Å²) in [6, 6.07) is -1.41. The minimum atomic E-state index is -1.41. The first-order valence-corrected chi connectivity index (χ1v) is 6.42. The monoisotopic (exact) mass is 287 g/mol. The quantitative estimate of drug-likeness (QED) is 0.402. The van der Waals surface area contributed by atoms with Gasteiger partial charge >= 0.3 is 11.7 Å². The molecular formula is C10H13N3O5S. The largest absolute Gasteiger partial charge is 0.480 e. The van der Waals surface area contributed by atoms with Crippen molar-refractivity contribution < 1.29 is 19.8 Å². The molecule has 0 bridgehead atoms. The van der Waals surface area contributed by atoms with E-state index in [9.17, 15) is 14.4 Å². The third-order valence-corrected chi connectivity index (χ3v) is 2.97. The number of aromatic amines is 1. The third kappa shape index (κ3) is 3.55. The number of rotatable bonds is 5. The van der Waals surface area contributed by atoms with Gasteiger partial charge in [-0.3, -0.25) is 4.79 Å². The Morgan fingerprint density at radius 1 is 1.53 bits per heavy atom. The fourth-order valence-electron chi connectivity index (χ4n) is 1.39. The van der Waals surface area contributed by atoms with E-state index in [2.05, 4.69) is 15.3 Å². The molecule has 0 saturated heterocycles. The number of aromatic nitrogens is 2. The molecule has 0 radical (unpaired) electrons. The Morgan fingerprint density at radius 3 is 2.63 bits per heavy atom. The second-order valence-electron chi connectivity index (χ2n) is 3.60. The Morgan fingerprint density at radius 2 is 2.16 bits per heavy atom. The molecule has 1 rings (SSSR count). The number of carboxylic acid groups (broad SMARTS) is 1. The number of hydrogen-bond donors (Lipinski definition) is 4. The van der Waals surface area contributed by atoms with E-state index >= 15 is 0 Å². The Balaban J connectivity index is 3.12. The van der Waals surface area contributed by atoms with Gasteiger partial charge in [-0.25, -0.2) is 9.59 Å². The summed E-state index contributed by atoms with van der Waals surface area (Å²) in [5, 5.41) is 20.0. The van der Waals surface area contributed by atoms with Crippen molar-refractivity contribution >= 4 is 23.6 Å². The second kappa shape index (κ2) is 6.34. The lowest BCUT2D eigenvalue weighted by Crippen LogP contribution is -2.44. The molecule has 0 saturated carbocycles. The molecule has 0 aliphatic heterocycles. The Hall–Kier alpha value is -1.87. The lowest BCUT2D eigenvalue weighted by Gasteiger charge is -2.14. The number of nitrogens with one attached hydrogen (secondary N) is 2. The van der Waals surface area contributed by atoms with Gasteiger partial charge in [-0.2, -0.15) is 4.98 Å². The zero-order chi connectivity index (χ0) is 14.6. The Labute approximate surface area is 112 Å². The van der Waals surface area contributed by atoms with E-state index in [0.29, 0.717) is 0 Å². The zero-order valence-electron chi connectivity index (χ0n) is 10.3. The number of carboxylic acids is 1. The molecule has 0 aliphatic rings. The summed E-state index contributed by atoms with van der Waals surface area (Å²) in [6.45, 7) is 0.776. The van der Waals surface area contributed by atoms with Gasteiger partial charge in [0.2, 0.25) is 0 Å². The minimum Gasteiger partial charge on any atom is -0.480 e. The highest BCUT2D eigenvalue weighted by atomic mass is 32.2. The Kier molecular flexibility index (Phi) is 5.07. The van der Waals surface area contributed by atoms with Gasteiger partial charge in [0.15, 0.2) is 6.04 Å². The van der Waals surface area contributed by atoms with E-state index < -0.39 is 30.2 Å². The number of aryl methyl sites for hydroxylation is 1. The number of nitrogens with zero attached hydrogens (tertiary/aromatic N) is 1. The van der Waals surface area contributed by atoms with Crippen LogP contribution in [-0.2, 0) is 4.79 Å². The van der Waals surface area contributed by atoms with Crippen molar-refractivity contribution in [3.8, 4) is 0 Å². The first kappa shape index (κ1) is 15.2. The smallest absolute Gasteiger partial charge is 0.346 e. The summed E-state index contributed by atoms with van der Waals surface area (Å²) < 4.78 is 0. The highest BCUT2D eigenvalue weighted by Crippen LogP contribution is 2.17. The van der Waals surface area contributed by atoms with Crippen molar-refractivity contribution in [2.45, 2.75) is 18.0 Å². The normalized spacial score (nSPS) is 11.9. The predicted molar refractivity (Wildman–Crippen MR) is 67.4 cm³/mol. The number of aliphatic hydroxyl groups is 1. The summed E-state index contributed by atoms with van der Waals surface area (Å²) in [7, 11) is 0. The number of thioether (sulfide) groups is 1. The van der Waals surface area contributed by atoms with Crippen LogP contribution in [0.3, 0.4) is 0 Å². The maximum atomic E-state index is 12.0. The van der Waals surface area contributed by atoms with Crippen LogP contribution in [0.1, 0.15) is 16.1 Å². The molecule has 1 amide bonds. The van der Waals surface area contributed by atoms with Crippen LogP contribution in [0.5, 0.6) is 0 Å². The average Bonchev–Trinajstić information content (AvgIpc) is 2.33. The second-order valence-corrected chi connectivity index (χ2v) is 4.39. The van der Waals surface area contributed by atoms with Crippen LogP contribution in [0.2, 0.25) is 0 Å². The first-order valence-electron chi connectivity index (χ1n) is 5.20. The predicted octanol–water partition coefficient (Wildman–Crippen LogP) is -1.02. The van der Waals surface area contributed by atoms with Gasteiger partial charge < -0.3 is 20.5 Å². The highest BCUT2D eigenvalue weighted by Gasteiger charge is 2.23. The molecule has 1 heterocycles. The van der Waals surface area contributed by atoms with E-state index in [1.165, 1.54) is 6.92 Å². The molecule has 1 unspecified atom stereocenters. The molecule has 0 fully saturated rings. The molecule has 0 aromatic carbocycles. The maximum Gasteiger partial charge on any atom is 0.346 e. The molecule has 9 heteroatoms. The van der Waals surface area contributed by atoms with Crippen LogP contribution < -0.4 is 11.0 Å². The van der Waals surface area contributed by atoms with Crippen molar-refractivity contribution in [3.05, 3.63) is 21.7 Å². The van der Waals surface area contributed by atoms with Crippen LogP contribution in [-0.4, -0.2) is 51.0 Å². The molecule has 19 heavy (non-hydrogen) atoms. The van der Waals surface area contributed by atoms with E-state index in [1.54, 1.807) is 6.26 Å². The van der Waals surface area contributed by atoms with Crippen LogP contribution >= 0.6 is 11.8 Å². The fourth-order valence-corrected chi connectivity index (χ4v) is 2.01. The van der Waals surface area contributed by atoms with Crippen molar-refractivity contribution in [2.24, 2.45) is 0 Å². The number of amides is 1. The molecule has 0 aliphatic carbocycles. The number of carbonyl (C=O) groups is 2. The van der Waals surface area contributed by atoms with Crippen LogP contribution in [0, 0.1) is 6.92 Å². The minimum absolute atomic E-state index is 0.0896. The summed E-state index contributed by atoms with van der Waals surface area (Å²) in [6.07, 6.45) is 1.64. The first-order chi connectivity index (χ1) is 8.90. The standard InChI is InChI=1S/C10H13N3O5S/c1-4-6(8(19-2)13-10(18)11-4)7(15)12-5(3-14)9(16)17/h5,14H,3H2,1-2H3,(H,12,15)(H,16,17)(H,11,13,18). The summed E-state index contributed by atoms with van der Waals surface area (Å²) in [5.74, 6) is -2.07. The lowest BCUT2D eigenvalue weighted by molar-refractivity contribution is -0.140. The van der Waals surface area contributed by atoms with E-state index in [1.807, 2.05) is 0 Å². The summed E-state index contributed by atoms with van der Waals surface area (Å²) >= 11 is 1.09. The number of H-pyrrole nitrogens is 1. The van der Waals surface area contributed by atoms with Crippen molar-refractivity contribution in [1.29, 1.82) is 0 Å². The molecule has 1 aromatic heterocycles. The number of aliphatic carboxylic acids is 1. The molecular weight excluding hydrogens is 274 g/mol. The molecule has 8 nitrogen and oxygen atoms in total. The third-order valence-electron chi connectivity index (χ3n) is 2.29. The summed E-state index contributed by atoms with van der Waals surface area (Å²) in [4.78, 5) is 39.9. The maximum absolute atomic E-state index is 12.0. The molecule has 4 N–H and O–H groups in total. The van der Waals surface area contributed by atoms with E-state index in [0.717, 1.165) is 11.8 Å². The van der Waals surface area contributed by atoms with Crippen molar-refractivity contribution in [2.75, 3.05) is 12.9 Å².